The summed E-state index contributed by atoms with van der Waals surface area (Å²) in [6.07, 6.45) is 1.83. The molecule has 0 aliphatic carbocycles. The standard InChI is InChI=1S/C14H25N3O2S/c1-5-14(6-2,11-15)16-12-7-9-13(10-8-12)20(18,19)17(3)4/h7-10,16H,5-6,11,15H2,1-4H3. The monoisotopic (exact) mass is 299 g/mol. The van der Waals surface area contributed by atoms with Crippen molar-refractivity contribution < 1.29 is 8.42 Å². The van der Waals surface area contributed by atoms with Gasteiger partial charge < -0.3 is 11.1 Å². The number of benzene rings is 1. The van der Waals surface area contributed by atoms with Crippen molar-refractivity contribution in [2.75, 3.05) is 26.0 Å². The fourth-order valence-corrected chi connectivity index (χ4v) is 2.90. The predicted molar refractivity (Wildman–Crippen MR) is 83.3 cm³/mol. The Morgan fingerprint density at radius 1 is 1.15 bits per heavy atom. The van der Waals surface area contributed by atoms with Crippen LogP contribution < -0.4 is 11.1 Å². The zero-order chi connectivity index (χ0) is 15.4. The van der Waals surface area contributed by atoms with Gasteiger partial charge in [-0.15, -0.1) is 0 Å². The quantitative estimate of drug-likeness (QED) is 0.806. The molecule has 0 aliphatic heterocycles. The Balaban J connectivity index is 2.98. The molecule has 0 amide bonds. The van der Waals surface area contributed by atoms with Crippen LogP contribution in [-0.4, -0.2) is 38.9 Å². The second-order valence-electron chi connectivity index (χ2n) is 5.13. The zero-order valence-electron chi connectivity index (χ0n) is 12.7. The summed E-state index contributed by atoms with van der Waals surface area (Å²) in [7, 11) is -0.327. The van der Waals surface area contributed by atoms with E-state index in [1.54, 1.807) is 24.3 Å². The van der Waals surface area contributed by atoms with Crippen LogP contribution in [0.5, 0.6) is 0 Å². The van der Waals surface area contributed by atoms with Gasteiger partial charge in [0.05, 0.1) is 4.90 Å². The average Bonchev–Trinajstić information content (AvgIpc) is 2.45. The van der Waals surface area contributed by atoms with Crippen LogP contribution in [0.15, 0.2) is 29.2 Å². The van der Waals surface area contributed by atoms with Crippen LogP contribution in [0.25, 0.3) is 0 Å². The maximum atomic E-state index is 12.0. The molecule has 0 atom stereocenters. The number of hydrogen-bond acceptors (Lipinski definition) is 4. The Morgan fingerprint density at radius 2 is 1.65 bits per heavy atom. The normalized spacial score (nSPS) is 12.7. The van der Waals surface area contributed by atoms with Gasteiger partial charge in [0.25, 0.3) is 0 Å². The molecule has 1 aromatic rings. The lowest BCUT2D eigenvalue weighted by Gasteiger charge is -2.32. The highest BCUT2D eigenvalue weighted by Crippen LogP contribution is 2.23. The third-order valence-electron chi connectivity index (χ3n) is 3.79. The molecule has 0 radical (unpaired) electrons. The number of hydrogen-bond donors (Lipinski definition) is 2. The molecule has 0 saturated carbocycles. The molecule has 0 aromatic heterocycles. The lowest BCUT2D eigenvalue weighted by molar-refractivity contribution is 0.445. The van der Waals surface area contributed by atoms with E-state index < -0.39 is 10.0 Å². The summed E-state index contributed by atoms with van der Waals surface area (Å²) >= 11 is 0. The number of anilines is 1. The Kier molecular flexibility index (Phi) is 5.56. The summed E-state index contributed by atoms with van der Waals surface area (Å²) in [5.74, 6) is 0. The Bertz CT molecular complexity index is 512. The number of nitrogens with two attached hydrogens (primary N) is 1. The molecular formula is C14H25N3O2S. The first-order valence-corrected chi connectivity index (χ1v) is 8.26. The van der Waals surface area contributed by atoms with Crippen LogP contribution in [0.1, 0.15) is 26.7 Å². The van der Waals surface area contributed by atoms with E-state index in [0.717, 1.165) is 18.5 Å². The topological polar surface area (TPSA) is 75.4 Å². The first kappa shape index (κ1) is 16.9. The van der Waals surface area contributed by atoms with Crippen molar-refractivity contribution in [3.63, 3.8) is 0 Å². The fraction of sp³-hybridized carbons (Fsp3) is 0.571. The Morgan fingerprint density at radius 3 is 2.00 bits per heavy atom. The Hall–Kier alpha value is -1.11. The van der Waals surface area contributed by atoms with Gasteiger partial charge in [-0.05, 0) is 37.1 Å². The van der Waals surface area contributed by atoms with E-state index in [2.05, 4.69) is 19.2 Å². The molecule has 114 valence electrons. The third kappa shape index (κ3) is 3.50. The van der Waals surface area contributed by atoms with Crippen molar-refractivity contribution in [2.24, 2.45) is 5.73 Å². The van der Waals surface area contributed by atoms with E-state index in [-0.39, 0.29) is 5.54 Å². The van der Waals surface area contributed by atoms with Crippen molar-refractivity contribution in [1.29, 1.82) is 0 Å². The molecule has 0 fully saturated rings. The number of nitrogens with zero attached hydrogens (tertiary/aromatic N) is 1. The minimum Gasteiger partial charge on any atom is -0.378 e. The van der Waals surface area contributed by atoms with Gasteiger partial charge in [-0.1, -0.05) is 13.8 Å². The molecule has 6 heteroatoms. The van der Waals surface area contributed by atoms with Gasteiger partial charge in [0, 0.05) is 31.9 Å². The van der Waals surface area contributed by atoms with Crippen LogP contribution in [-0.2, 0) is 10.0 Å². The van der Waals surface area contributed by atoms with Crippen molar-refractivity contribution in [3.05, 3.63) is 24.3 Å². The van der Waals surface area contributed by atoms with Gasteiger partial charge in [-0.25, -0.2) is 12.7 Å². The average molecular weight is 299 g/mol. The lowest BCUT2D eigenvalue weighted by atomic mass is 9.92. The highest BCUT2D eigenvalue weighted by molar-refractivity contribution is 7.89. The van der Waals surface area contributed by atoms with Crippen LogP contribution in [0, 0.1) is 0 Å². The molecule has 20 heavy (non-hydrogen) atoms. The van der Waals surface area contributed by atoms with Crippen molar-refractivity contribution in [2.45, 2.75) is 37.1 Å². The van der Waals surface area contributed by atoms with Crippen LogP contribution in [0.3, 0.4) is 0 Å². The molecule has 1 aromatic carbocycles. The summed E-state index contributed by atoms with van der Waals surface area (Å²) in [5.41, 5.74) is 6.60. The molecule has 0 saturated heterocycles. The number of rotatable bonds is 7. The van der Waals surface area contributed by atoms with Gasteiger partial charge in [0.1, 0.15) is 0 Å². The molecule has 0 bridgehead atoms. The summed E-state index contributed by atoms with van der Waals surface area (Å²) in [4.78, 5) is 0.291. The molecule has 0 heterocycles. The Labute approximate surface area is 122 Å². The van der Waals surface area contributed by atoms with Crippen molar-refractivity contribution in [1.82, 2.24) is 4.31 Å². The van der Waals surface area contributed by atoms with Crippen LogP contribution in [0.2, 0.25) is 0 Å². The van der Waals surface area contributed by atoms with E-state index in [0.29, 0.717) is 11.4 Å². The maximum Gasteiger partial charge on any atom is 0.242 e. The molecule has 3 N–H and O–H groups in total. The molecular weight excluding hydrogens is 274 g/mol. The second-order valence-corrected chi connectivity index (χ2v) is 7.28. The smallest absolute Gasteiger partial charge is 0.242 e. The first-order valence-electron chi connectivity index (χ1n) is 6.82. The predicted octanol–water partition coefficient (Wildman–Crippen LogP) is 1.87. The largest absolute Gasteiger partial charge is 0.378 e. The molecule has 0 unspecified atom stereocenters. The molecule has 1 rings (SSSR count). The van der Waals surface area contributed by atoms with E-state index in [4.69, 9.17) is 5.73 Å². The fourth-order valence-electron chi connectivity index (χ4n) is 1.99. The summed E-state index contributed by atoms with van der Waals surface area (Å²) in [5, 5.41) is 3.42. The number of nitrogens with one attached hydrogen (secondary N) is 1. The summed E-state index contributed by atoms with van der Waals surface area (Å²) < 4.78 is 25.2. The summed E-state index contributed by atoms with van der Waals surface area (Å²) in [6, 6.07) is 6.80. The molecule has 0 aliphatic rings. The SMILES string of the molecule is CCC(CC)(CN)Nc1ccc(S(=O)(=O)N(C)C)cc1. The second kappa shape index (κ2) is 6.56. The van der Waals surface area contributed by atoms with E-state index >= 15 is 0 Å². The third-order valence-corrected chi connectivity index (χ3v) is 5.62. The summed E-state index contributed by atoms with van der Waals surface area (Å²) in [6.45, 7) is 4.72. The highest BCUT2D eigenvalue weighted by Gasteiger charge is 2.24. The van der Waals surface area contributed by atoms with Gasteiger partial charge >= 0.3 is 0 Å². The van der Waals surface area contributed by atoms with Gasteiger partial charge in [-0.3, -0.25) is 0 Å². The zero-order valence-corrected chi connectivity index (χ0v) is 13.5. The van der Waals surface area contributed by atoms with Gasteiger partial charge in [0.2, 0.25) is 10.0 Å². The lowest BCUT2D eigenvalue weighted by Crippen LogP contribution is -2.44. The first-order chi connectivity index (χ1) is 9.31. The van der Waals surface area contributed by atoms with Crippen molar-refractivity contribution in [3.8, 4) is 0 Å². The van der Waals surface area contributed by atoms with E-state index in [1.807, 2.05) is 0 Å². The molecule has 5 nitrogen and oxygen atoms in total. The van der Waals surface area contributed by atoms with E-state index in [1.165, 1.54) is 18.4 Å². The minimum atomic E-state index is -3.37. The number of sulfonamides is 1. The van der Waals surface area contributed by atoms with Gasteiger partial charge in [0.15, 0.2) is 0 Å². The van der Waals surface area contributed by atoms with E-state index in [9.17, 15) is 8.42 Å². The molecule has 0 spiro atoms. The van der Waals surface area contributed by atoms with Crippen molar-refractivity contribution >= 4 is 15.7 Å². The van der Waals surface area contributed by atoms with Gasteiger partial charge in [-0.2, -0.15) is 0 Å². The highest BCUT2D eigenvalue weighted by atomic mass is 32.2. The van der Waals surface area contributed by atoms with Crippen LogP contribution in [0.4, 0.5) is 5.69 Å². The maximum absolute atomic E-state index is 12.0. The van der Waals surface area contributed by atoms with Crippen LogP contribution >= 0.6 is 0 Å². The minimum absolute atomic E-state index is 0.137.